The molecule has 0 aliphatic carbocycles. The number of hydrogen-bond acceptors (Lipinski definition) is 0. The second-order valence-electron chi connectivity index (χ2n) is 5.10. The summed E-state index contributed by atoms with van der Waals surface area (Å²) in [5.74, 6) is 0.539. The average Bonchev–Trinajstić information content (AvgIpc) is 2.42. The van der Waals surface area contributed by atoms with Crippen molar-refractivity contribution in [2.75, 3.05) is 4.43 Å². The Morgan fingerprint density at radius 1 is 0.842 bits per heavy atom. The van der Waals surface area contributed by atoms with Crippen molar-refractivity contribution >= 4 is 22.6 Å². The maximum absolute atomic E-state index is 2.48. The molecule has 0 N–H and O–H groups in total. The molecule has 2 aromatic rings. The molecule has 19 heavy (non-hydrogen) atoms. The largest absolute Gasteiger partial charge is 0.0864 e. The van der Waals surface area contributed by atoms with E-state index in [1.165, 1.54) is 39.5 Å². The average molecular weight is 364 g/mol. The second kappa shape index (κ2) is 7.09. The Bertz CT molecular complexity index is 485. The molecule has 100 valence electrons. The number of alkyl halides is 1. The Morgan fingerprint density at radius 3 is 1.74 bits per heavy atom. The van der Waals surface area contributed by atoms with Crippen LogP contribution in [0.2, 0.25) is 0 Å². The van der Waals surface area contributed by atoms with Crippen molar-refractivity contribution in [3.63, 3.8) is 0 Å². The number of halogens is 1. The fraction of sp³-hybridized carbons (Fsp3) is 0.333. The maximum atomic E-state index is 2.48. The zero-order valence-electron chi connectivity index (χ0n) is 11.7. The van der Waals surface area contributed by atoms with Crippen LogP contribution in [0.25, 0.3) is 0 Å². The molecule has 2 aromatic carbocycles. The molecule has 0 nitrogen and oxygen atoms in total. The van der Waals surface area contributed by atoms with Gasteiger partial charge in [-0.15, -0.1) is 0 Å². The van der Waals surface area contributed by atoms with Crippen LogP contribution in [0.4, 0.5) is 0 Å². The van der Waals surface area contributed by atoms with E-state index in [0.29, 0.717) is 5.92 Å². The molecule has 0 aliphatic rings. The van der Waals surface area contributed by atoms with Gasteiger partial charge in [0.25, 0.3) is 0 Å². The first kappa shape index (κ1) is 14.6. The van der Waals surface area contributed by atoms with Gasteiger partial charge in [-0.25, -0.2) is 0 Å². The summed E-state index contributed by atoms with van der Waals surface area (Å²) in [6, 6.07) is 17.6. The zero-order valence-corrected chi connectivity index (χ0v) is 13.9. The van der Waals surface area contributed by atoms with Crippen LogP contribution in [0.5, 0.6) is 0 Å². The molecule has 0 aliphatic heterocycles. The SMILES string of the molecule is Cc1ccccc1C(CCCI)c1ccccc1C. The van der Waals surface area contributed by atoms with Crippen molar-refractivity contribution in [3.8, 4) is 0 Å². The van der Waals surface area contributed by atoms with E-state index in [0.717, 1.165) is 0 Å². The highest BCUT2D eigenvalue weighted by Gasteiger charge is 2.16. The van der Waals surface area contributed by atoms with Gasteiger partial charge in [0, 0.05) is 5.92 Å². The number of aryl methyl sites for hydroxylation is 2. The van der Waals surface area contributed by atoms with Gasteiger partial charge in [-0.3, -0.25) is 0 Å². The summed E-state index contributed by atoms with van der Waals surface area (Å²) in [4.78, 5) is 0. The molecule has 0 spiro atoms. The molecular weight excluding hydrogens is 343 g/mol. The fourth-order valence-corrected chi connectivity index (χ4v) is 3.16. The van der Waals surface area contributed by atoms with Gasteiger partial charge in [-0.1, -0.05) is 71.1 Å². The summed E-state index contributed by atoms with van der Waals surface area (Å²) in [7, 11) is 0. The Kier molecular flexibility index (Phi) is 5.44. The van der Waals surface area contributed by atoms with Gasteiger partial charge in [0.05, 0.1) is 0 Å². The topological polar surface area (TPSA) is 0 Å². The van der Waals surface area contributed by atoms with E-state index < -0.39 is 0 Å². The minimum absolute atomic E-state index is 0.539. The molecular formula is C18H21I. The minimum Gasteiger partial charge on any atom is -0.0864 e. The van der Waals surface area contributed by atoms with Crippen LogP contribution >= 0.6 is 22.6 Å². The van der Waals surface area contributed by atoms with Crippen molar-refractivity contribution < 1.29 is 0 Å². The van der Waals surface area contributed by atoms with Gasteiger partial charge in [0.1, 0.15) is 0 Å². The van der Waals surface area contributed by atoms with Crippen molar-refractivity contribution in [1.82, 2.24) is 0 Å². The van der Waals surface area contributed by atoms with E-state index in [9.17, 15) is 0 Å². The molecule has 0 saturated carbocycles. The number of benzene rings is 2. The molecule has 0 amide bonds. The molecule has 0 saturated heterocycles. The summed E-state index contributed by atoms with van der Waals surface area (Å²) in [6.45, 7) is 4.45. The lowest BCUT2D eigenvalue weighted by Gasteiger charge is -2.21. The fourth-order valence-electron chi connectivity index (χ4n) is 2.72. The Labute approximate surface area is 130 Å². The van der Waals surface area contributed by atoms with Crippen LogP contribution in [0.1, 0.15) is 41.0 Å². The van der Waals surface area contributed by atoms with E-state index in [1.807, 2.05) is 0 Å². The van der Waals surface area contributed by atoms with Crippen LogP contribution in [-0.2, 0) is 0 Å². The molecule has 1 heteroatoms. The number of rotatable bonds is 5. The van der Waals surface area contributed by atoms with E-state index in [4.69, 9.17) is 0 Å². The van der Waals surface area contributed by atoms with Crippen molar-refractivity contribution in [1.29, 1.82) is 0 Å². The summed E-state index contributed by atoms with van der Waals surface area (Å²) in [6.07, 6.45) is 2.51. The quantitative estimate of drug-likeness (QED) is 0.475. The first-order valence-corrected chi connectivity index (χ1v) is 8.43. The summed E-state index contributed by atoms with van der Waals surface area (Å²) in [5.41, 5.74) is 5.79. The van der Waals surface area contributed by atoms with Gasteiger partial charge >= 0.3 is 0 Å². The summed E-state index contributed by atoms with van der Waals surface area (Å²) >= 11 is 2.48. The van der Waals surface area contributed by atoms with Crippen LogP contribution < -0.4 is 0 Å². The first-order valence-electron chi connectivity index (χ1n) is 6.91. The molecule has 2 rings (SSSR count). The zero-order chi connectivity index (χ0) is 13.7. The van der Waals surface area contributed by atoms with E-state index in [2.05, 4.69) is 85.0 Å². The van der Waals surface area contributed by atoms with Crippen LogP contribution in [-0.4, -0.2) is 4.43 Å². The molecule has 0 heterocycles. The molecule has 0 bridgehead atoms. The van der Waals surface area contributed by atoms with E-state index >= 15 is 0 Å². The first-order chi connectivity index (χ1) is 9.24. The third-order valence-electron chi connectivity index (χ3n) is 3.75. The van der Waals surface area contributed by atoms with E-state index in [-0.39, 0.29) is 0 Å². The Balaban J connectivity index is 2.42. The third kappa shape index (κ3) is 3.59. The predicted octanol–water partition coefficient (Wildman–Crippen LogP) is 5.65. The smallest absolute Gasteiger partial charge is 0.00948 e. The van der Waals surface area contributed by atoms with Crippen molar-refractivity contribution in [2.45, 2.75) is 32.6 Å². The molecule has 0 aromatic heterocycles. The molecule has 0 atom stereocenters. The third-order valence-corrected chi connectivity index (χ3v) is 4.52. The monoisotopic (exact) mass is 364 g/mol. The van der Waals surface area contributed by atoms with Gasteiger partial charge in [0.2, 0.25) is 0 Å². The van der Waals surface area contributed by atoms with Crippen LogP contribution in [0, 0.1) is 13.8 Å². The highest BCUT2D eigenvalue weighted by Crippen LogP contribution is 2.33. The van der Waals surface area contributed by atoms with Crippen molar-refractivity contribution in [2.24, 2.45) is 0 Å². The lowest BCUT2D eigenvalue weighted by atomic mass is 9.83. The predicted molar refractivity (Wildman–Crippen MR) is 92.3 cm³/mol. The highest BCUT2D eigenvalue weighted by molar-refractivity contribution is 14.1. The number of hydrogen-bond donors (Lipinski definition) is 0. The normalized spacial score (nSPS) is 10.9. The van der Waals surface area contributed by atoms with Crippen molar-refractivity contribution in [3.05, 3.63) is 70.8 Å². The summed E-state index contributed by atoms with van der Waals surface area (Å²) in [5, 5.41) is 0. The van der Waals surface area contributed by atoms with Gasteiger partial charge < -0.3 is 0 Å². The standard InChI is InChI=1S/C18H21I/c1-14-8-3-5-10-16(14)18(12-7-13-19)17-11-6-4-9-15(17)2/h3-6,8-11,18H,7,12-13H2,1-2H3. The molecule has 0 fully saturated rings. The lowest BCUT2D eigenvalue weighted by molar-refractivity contribution is 0.700. The minimum atomic E-state index is 0.539. The molecule has 0 radical (unpaired) electrons. The molecule has 0 unspecified atom stereocenters. The Hall–Kier alpha value is -0.830. The van der Waals surface area contributed by atoms with Crippen LogP contribution in [0.15, 0.2) is 48.5 Å². The lowest BCUT2D eigenvalue weighted by Crippen LogP contribution is -2.05. The maximum Gasteiger partial charge on any atom is 0.00948 e. The highest BCUT2D eigenvalue weighted by atomic mass is 127. The van der Waals surface area contributed by atoms with Crippen LogP contribution in [0.3, 0.4) is 0 Å². The van der Waals surface area contributed by atoms with E-state index in [1.54, 1.807) is 0 Å². The van der Waals surface area contributed by atoms with Gasteiger partial charge in [0.15, 0.2) is 0 Å². The van der Waals surface area contributed by atoms with Gasteiger partial charge in [-0.2, -0.15) is 0 Å². The summed E-state index contributed by atoms with van der Waals surface area (Å²) < 4.78 is 1.23. The Morgan fingerprint density at radius 2 is 1.32 bits per heavy atom. The van der Waals surface area contributed by atoms with Gasteiger partial charge in [-0.05, 0) is 53.4 Å². The second-order valence-corrected chi connectivity index (χ2v) is 6.18.